The van der Waals surface area contributed by atoms with Crippen molar-refractivity contribution in [3.63, 3.8) is 0 Å². The number of carbonyl (C=O) groups excluding carboxylic acids is 1. The molecule has 100 valence electrons. The number of hydrogen-bond donors (Lipinski definition) is 1. The van der Waals surface area contributed by atoms with Crippen molar-refractivity contribution in [3.8, 4) is 6.07 Å². The second kappa shape index (κ2) is 5.80. The van der Waals surface area contributed by atoms with E-state index in [1.54, 1.807) is 6.07 Å². The van der Waals surface area contributed by atoms with Gasteiger partial charge in [0.05, 0.1) is 11.3 Å². The number of nitrogens with zero attached hydrogens (tertiary/aromatic N) is 1. The van der Waals surface area contributed by atoms with E-state index in [2.05, 4.69) is 21.2 Å². The minimum atomic E-state index is -0.733. The van der Waals surface area contributed by atoms with Gasteiger partial charge in [-0.25, -0.2) is 8.78 Å². The monoisotopic (exact) mass is 336 g/mol. The third-order valence-electron chi connectivity index (χ3n) is 2.55. The zero-order chi connectivity index (χ0) is 14.7. The fourth-order valence-corrected chi connectivity index (χ4v) is 2.03. The molecule has 0 aromatic heterocycles. The average Bonchev–Trinajstić information content (AvgIpc) is 2.41. The van der Waals surface area contributed by atoms with Crippen LogP contribution in [0.1, 0.15) is 15.9 Å². The minimum Gasteiger partial charge on any atom is -0.321 e. The van der Waals surface area contributed by atoms with E-state index in [-0.39, 0.29) is 16.8 Å². The molecular formula is C14H7BrF2N2O. The predicted octanol–water partition coefficient (Wildman–Crippen LogP) is 3.85. The summed E-state index contributed by atoms with van der Waals surface area (Å²) >= 11 is 3.13. The van der Waals surface area contributed by atoms with Gasteiger partial charge in [0.25, 0.3) is 5.91 Å². The van der Waals surface area contributed by atoms with Crippen LogP contribution in [0.25, 0.3) is 0 Å². The quantitative estimate of drug-likeness (QED) is 0.905. The van der Waals surface area contributed by atoms with Crippen LogP contribution in [0.3, 0.4) is 0 Å². The van der Waals surface area contributed by atoms with Gasteiger partial charge in [0, 0.05) is 4.47 Å². The molecule has 0 fully saturated rings. The van der Waals surface area contributed by atoms with Crippen molar-refractivity contribution >= 4 is 27.5 Å². The van der Waals surface area contributed by atoms with Gasteiger partial charge in [-0.3, -0.25) is 4.79 Å². The average molecular weight is 337 g/mol. The summed E-state index contributed by atoms with van der Waals surface area (Å²) in [5.74, 6) is -1.94. The van der Waals surface area contributed by atoms with Gasteiger partial charge in [0.15, 0.2) is 0 Å². The molecule has 3 nitrogen and oxygen atoms in total. The number of nitriles is 1. The molecule has 20 heavy (non-hydrogen) atoms. The van der Waals surface area contributed by atoms with Gasteiger partial charge in [-0.1, -0.05) is 6.07 Å². The lowest BCUT2D eigenvalue weighted by atomic mass is 10.1. The van der Waals surface area contributed by atoms with E-state index in [4.69, 9.17) is 5.26 Å². The van der Waals surface area contributed by atoms with Crippen LogP contribution in [-0.2, 0) is 0 Å². The maximum atomic E-state index is 13.4. The van der Waals surface area contributed by atoms with Crippen LogP contribution in [0, 0.1) is 23.0 Å². The highest BCUT2D eigenvalue weighted by atomic mass is 79.9. The predicted molar refractivity (Wildman–Crippen MR) is 73.2 cm³/mol. The minimum absolute atomic E-state index is 0.0358. The Bertz CT molecular complexity index is 726. The summed E-state index contributed by atoms with van der Waals surface area (Å²) in [6.45, 7) is 0. The van der Waals surface area contributed by atoms with Crippen molar-refractivity contribution in [2.24, 2.45) is 0 Å². The normalized spacial score (nSPS) is 9.90. The number of amides is 1. The Morgan fingerprint density at radius 2 is 2.00 bits per heavy atom. The molecule has 0 aliphatic carbocycles. The molecule has 0 unspecified atom stereocenters. The molecule has 0 saturated carbocycles. The molecule has 0 atom stereocenters. The summed E-state index contributed by atoms with van der Waals surface area (Å²) in [6.07, 6.45) is 0. The standard InChI is InChI=1S/C14H7BrF2N2O/c15-11-5-4-8(16)6-9(11)14(20)19-13-3-1-2-12(17)10(13)7-18/h1-6H,(H,19,20). The van der Waals surface area contributed by atoms with E-state index < -0.39 is 17.5 Å². The Morgan fingerprint density at radius 3 is 2.70 bits per heavy atom. The molecule has 2 rings (SSSR count). The third kappa shape index (κ3) is 2.83. The first-order valence-corrected chi connectivity index (χ1v) is 6.27. The summed E-state index contributed by atoms with van der Waals surface area (Å²) in [6, 6.07) is 9.19. The summed E-state index contributed by atoms with van der Waals surface area (Å²) in [7, 11) is 0. The van der Waals surface area contributed by atoms with Gasteiger partial charge in [0.1, 0.15) is 23.3 Å². The first-order chi connectivity index (χ1) is 9.52. The van der Waals surface area contributed by atoms with Crippen molar-refractivity contribution in [1.29, 1.82) is 5.26 Å². The van der Waals surface area contributed by atoms with Gasteiger partial charge >= 0.3 is 0 Å². The van der Waals surface area contributed by atoms with Gasteiger partial charge in [-0.2, -0.15) is 5.26 Å². The van der Waals surface area contributed by atoms with Crippen LogP contribution in [0.2, 0.25) is 0 Å². The van der Waals surface area contributed by atoms with E-state index in [0.717, 1.165) is 12.1 Å². The molecule has 6 heteroatoms. The molecular weight excluding hydrogens is 330 g/mol. The Hall–Kier alpha value is -2.26. The van der Waals surface area contributed by atoms with Crippen LogP contribution in [0.15, 0.2) is 40.9 Å². The van der Waals surface area contributed by atoms with Crippen molar-refractivity contribution in [3.05, 3.63) is 63.6 Å². The fourth-order valence-electron chi connectivity index (χ4n) is 1.60. The van der Waals surface area contributed by atoms with Crippen molar-refractivity contribution in [1.82, 2.24) is 0 Å². The maximum absolute atomic E-state index is 13.4. The number of rotatable bonds is 2. The molecule has 2 aromatic carbocycles. The van der Waals surface area contributed by atoms with E-state index in [9.17, 15) is 13.6 Å². The number of hydrogen-bond acceptors (Lipinski definition) is 2. The highest BCUT2D eigenvalue weighted by Crippen LogP contribution is 2.22. The highest BCUT2D eigenvalue weighted by Gasteiger charge is 2.15. The van der Waals surface area contributed by atoms with Crippen LogP contribution in [0.4, 0.5) is 14.5 Å². The lowest BCUT2D eigenvalue weighted by Gasteiger charge is -2.08. The second-order valence-electron chi connectivity index (χ2n) is 3.85. The van der Waals surface area contributed by atoms with Gasteiger partial charge in [0.2, 0.25) is 0 Å². The molecule has 1 N–H and O–H groups in total. The van der Waals surface area contributed by atoms with Crippen molar-refractivity contribution < 1.29 is 13.6 Å². The second-order valence-corrected chi connectivity index (χ2v) is 4.71. The summed E-state index contributed by atoms with van der Waals surface area (Å²) in [5, 5.41) is 11.3. The van der Waals surface area contributed by atoms with Gasteiger partial charge < -0.3 is 5.32 Å². The smallest absolute Gasteiger partial charge is 0.256 e. The lowest BCUT2D eigenvalue weighted by Crippen LogP contribution is -2.14. The van der Waals surface area contributed by atoms with Gasteiger partial charge in [-0.15, -0.1) is 0 Å². The first kappa shape index (κ1) is 14.2. The fraction of sp³-hybridized carbons (Fsp3) is 0. The first-order valence-electron chi connectivity index (χ1n) is 5.48. The van der Waals surface area contributed by atoms with Gasteiger partial charge in [-0.05, 0) is 46.3 Å². The third-order valence-corrected chi connectivity index (χ3v) is 3.24. The zero-order valence-electron chi connectivity index (χ0n) is 9.95. The highest BCUT2D eigenvalue weighted by molar-refractivity contribution is 9.10. The Balaban J connectivity index is 2.36. The molecule has 0 heterocycles. The molecule has 0 aliphatic heterocycles. The van der Waals surface area contributed by atoms with Crippen molar-refractivity contribution in [2.45, 2.75) is 0 Å². The number of anilines is 1. The summed E-state index contributed by atoms with van der Waals surface area (Å²) < 4.78 is 26.9. The SMILES string of the molecule is N#Cc1c(F)cccc1NC(=O)c1cc(F)ccc1Br. The number of halogens is 3. The largest absolute Gasteiger partial charge is 0.321 e. The van der Waals surface area contributed by atoms with Crippen LogP contribution in [-0.4, -0.2) is 5.91 Å². The summed E-state index contributed by atoms with van der Waals surface area (Å²) in [4.78, 5) is 12.0. The van der Waals surface area contributed by atoms with Crippen LogP contribution >= 0.6 is 15.9 Å². The zero-order valence-corrected chi connectivity index (χ0v) is 11.5. The molecule has 1 amide bonds. The molecule has 0 radical (unpaired) electrons. The summed E-state index contributed by atoms with van der Waals surface area (Å²) in [5.41, 5.74) is -0.180. The van der Waals surface area contributed by atoms with E-state index in [1.807, 2.05) is 0 Å². The Labute approximate surface area is 122 Å². The van der Waals surface area contributed by atoms with Crippen molar-refractivity contribution in [2.75, 3.05) is 5.32 Å². The number of nitrogens with one attached hydrogen (secondary N) is 1. The Morgan fingerprint density at radius 1 is 1.25 bits per heavy atom. The molecule has 0 bridgehead atoms. The molecule has 0 spiro atoms. The topological polar surface area (TPSA) is 52.9 Å². The van der Waals surface area contributed by atoms with E-state index in [1.165, 1.54) is 24.3 Å². The molecule has 2 aromatic rings. The molecule has 0 aliphatic rings. The van der Waals surface area contributed by atoms with E-state index in [0.29, 0.717) is 4.47 Å². The number of carbonyl (C=O) groups is 1. The maximum Gasteiger partial charge on any atom is 0.256 e. The van der Waals surface area contributed by atoms with E-state index >= 15 is 0 Å². The number of benzene rings is 2. The van der Waals surface area contributed by atoms with Crippen LogP contribution in [0.5, 0.6) is 0 Å². The molecule has 0 saturated heterocycles. The lowest BCUT2D eigenvalue weighted by molar-refractivity contribution is 0.102. The Kier molecular flexibility index (Phi) is 4.11. The van der Waals surface area contributed by atoms with Crippen LogP contribution < -0.4 is 5.32 Å².